The summed E-state index contributed by atoms with van der Waals surface area (Å²) in [6, 6.07) is 1.97. The molecule has 1 aromatic rings. The molecule has 1 fully saturated rings. The molecule has 1 spiro atoms. The highest BCUT2D eigenvalue weighted by Gasteiger charge is 2.48. The van der Waals surface area contributed by atoms with Gasteiger partial charge in [0, 0.05) is 15.3 Å². The Morgan fingerprint density at radius 3 is 2.72 bits per heavy atom. The average molecular weight is 262 g/mol. The maximum absolute atomic E-state index is 12.5. The van der Waals surface area contributed by atoms with Gasteiger partial charge in [-0.05, 0) is 37.7 Å². The van der Waals surface area contributed by atoms with Crippen LogP contribution < -0.4 is 0 Å². The van der Waals surface area contributed by atoms with Crippen LogP contribution in [0.1, 0.15) is 52.2 Å². The van der Waals surface area contributed by atoms with Crippen LogP contribution >= 0.6 is 11.3 Å². The van der Waals surface area contributed by atoms with Gasteiger partial charge in [0.15, 0.2) is 5.78 Å². The molecule has 1 saturated carbocycles. The predicted molar refractivity (Wildman–Crippen MR) is 72.2 cm³/mol. The molecule has 2 nitrogen and oxygen atoms in total. The Morgan fingerprint density at radius 2 is 2.06 bits per heavy atom. The van der Waals surface area contributed by atoms with E-state index in [4.69, 9.17) is 0 Å². The number of aldehydes is 1. The van der Waals surface area contributed by atoms with Crippen molar-refractivity contribution in [3.05, 3.63) is 21.4 Å². The molecule has 0 bridgehead atoms. The molecule has 0 aliphatic heterocycles. The second-order valence-corrected chi connectivity index (χ2v) is 7.11. The van der Waals surface area contributed by atoms with Gasteiger partial charge in [-0.25, -0.2) is 0 Å². The maximum atomic E-state index is 12.5. The molecule has 18 heavy (non-hydrogen) atoms. The lowest BCUT2D eigenvalue weighted by atomic mass is 9.59. The van der Waals surface area contributed by atoms with Gasteiger partial charge in [0.05, 0.1) is 5.92 Å². The number of ketones is 1. The fourth-order valence-corrected chi connectivity index (χ4v) is 4.92. The van der Waals surface area contributed by atoms with Gasteiger partial charge in [0.2, 0.25) is 0 Å². The lowest BCUT2D eigenvalue weighted by molar-refractivity contribution is -0.114. The summed E-state index contributed by atoms with van der Waals surface area (Å²) in [5, 5.41) is 0. The van der Waals surface area contributed by atoms with E-state index in [0.29, 0.717) is 0 Å². The van der Waals surface area contributed by atoms with Crippen LogP contribution in [0.3, 0.4) is 0 Å². The van der Waals surface area contributed by atoms with Crippen molar-refractivity contribution >= 4 is 23.4 Å². The minimum atomic E-state index is -0.390. The summed E-state index contributed by atoms with van der Waals surface area (Å²) in [5.74, 6) is -0.309. The maximum Gasteiger partial charge on any atom is 0.174 e. The second-order valence-electron chi connectivity index (χ2n) is 5.77. The number of thiophene rings is 1. The van der Waals surface area contributed by atoms with E-state index in [9.17, 15) is 9.59 Å². The number of fused-ring (bicyclic) bond motifs is 1. The summed E-state index contributed by atoms with van der Waals surface area (Å²) in [6.45, 7) is 2.04. The Bertz CT molecular complexity index is 495. The van der Waals surface area contributed by atoms with E-state index in [1.807, 2.05) is 13.0 Å². The number of hydrogen-bond donors (Lipinski definition) is 0. The summed E-state index contributed by atoms with van der Waals surface area (Å²) in [7, 11) is 0. The zero-order valence-corrected chi connectivity index (χ0v) is 11.5. The monoisotopic (exact) mass is 262 g/mol. The summed E-state index contributed by atoms with van der Waals surface area (Å²) in [6.07, 6.45) is 7.52. The van der Waals surface area contributed by atoms with Crippen LogP contribution in [0.4, 0.5) is 0 Å². The number of Topliss-reactive ketones (excluding diaryl/α,β-unsaturated/α-hetero) is 1. The van der Waals surface area contributed by atoms with Gasteiger partial charge in [0.1, 0.15) is 6.29 Å². The zero-order valence-electron chi connectivity index (χ0n) is 10.7. The molecule has 2 aliphatic rings. The standard InChI is InChI=1S/C15H18O2S/c1-10-7-11-13(18-10)8-15(5-3-2-4-6-15)12(9-16)14(11)17/h7,9,12H,2-6,8H2,1H3. The quantitative estimate of drug-likeness (QED) is 0.573. The minimum absolute atomic E-state index is 0.0542. The van der Waals surface area contributed by atoms with Crippen LogP contribution in [0.2, 0.25) is 0 Å². The highest BCUT2D eigenvalue weighted by Crippen LogP contribution is 2.50. The molecule has 3 rings (SSSR count). The summed E-state index contributed by atoms with van der Waals surface area (Å²) in [5.41, 5.74) is 0.771. The molecule has 3 heteroatoms. The molecule has 2 aliphatic carbocycles. The van der Waals surface area contributed by atoms with Gasteiger partial charge in [-0.2, -0.15) is 0 Å². The molecule has 1 unspecified atom stereocenters. The highest BCUT2D eigenvalue weighted by molar-refractivity contribution is 7.12. The Balaban J connectivity index is 2.06. The van der Waals surface area contributed by atoms with Crippen molar-refractivity contribution in [2.75, 3.05) is 0 Å². The fourth-order valence-electron chi connectivity index (χ4n) is 3.73. The fraction of sp³-hybridized carbons (Fsp3) is 0.600. The molecule has 0 saturated heterocycles. The van der Waals surface area contributed by atoms with Crippen LogP contribution in [0.15, 0.2) is 6.07 Å². The number of rotatable bonds is 1. The second kappa shape index (κ2) is 4.30. The SMILES string of the molecule is Cc1cc2c(s1)CC1(CCCCC1)C(C=O)C2=O. The van der Waals surface area contributed by atoms with E-state index in [1.165, 1.54) is 16.2 Å². The first kappa shape index (κ1) is 12.1. The van der Waals surface area contributed by atoms with Crippen LogP contribution in [0.25, 0.3) is 0 Å². The van der Waals surface area contributed by atoms with Crippen LogP contribution in [-0.4, -0.2) is 12.1 Å². The molecule has 0 amide bonds. The van der Waals surface area contributed by atoms with Gasteiger partial charge in [-0.15, -0.1) is 11.3 Å². The molecule has 96 valence electrons. The molecule has 1 heterocycles. The van der Waals surface area contributed by atoms with Gasteiger partial charge in [-0.1, -0.05) is 19.3 Å². The van der Waals surface area contributed by atoms with Crippen molar-refractivity contribution < 1.29 is 9.59 Å². The minimum Gasteiger partial charge on any atom is -0.303 e. The molecule has 0 radical (unpaired) electrons. The number of hydrogen-bond acceptors (Lipinski definition) is 3. The topological polar surface area (TPSA) is 34.1 Å². The summed E-state index contributed by atoms with van der Waals surface area (Å²) in [4.78, 5) is 26.4. The molecule has 1 aromatic heterocycles. The van der Waals surface area contributed by atoms with E-state index in [-0.39, 0.29) is 17.1 Å². The lowest BCUT2D eigenvalue weighted by Gasteiger charge is -2.43. The van der Waals surface area contributed by atoms with E-state index in [0.717, 1.165) is 44.0 Å². The molecule has 1 atom stereocenters. The van der Waals surface area contributed by atoms with Crippen LogP contribution in [-0.2, 0) is 11.2 Å². The van der Waals surface area contributed by atoms with Crippen molar-refractivity contribution in [3.8, 4) is 0 Å². The Kier molecular flexibility index (Phi) is 2.89. The Morgan fingerprint density at radius 1 is 1.33 bits per heavy atom. The Labute approximate surface area is 111 Å². The van der Waals surface area contributed by atoms with Crippen molar-refractivity contribution in [2.45, 2.75) is 45.4 Å². The third-order valence-electron chi connectivity index (χ3n) is 4.64. The van der Waals surface area contributed by atoms with E-state index in [1.54, 1.807) is 11.3 Å². The van der Waals surface area contributed by atoms with Crippen LogP contribution in [0, 0.1) is 18.3 Å². The molecular formula is C15H18O2S. The average Bonchev–Trinajstić information content (AvgIpc) is 2.71. The zero-order chi connectivity index (χ0) is 12.8. The highest BCUT2D eigenvalue weighted by atomic mass is 32.1. The predicted octanol–water partition coefficient (Wildman–Crippen LogP) is 3.56. The Hall–Kier alpha value is -0.960. The number of aryl methyl sites for hydroxylation is 1. The normalized spacial score (nSPS) is 26.1. The summed E-state index contributed by atoms with van der Waals surface area (Å²) >= 11 is 1.74. The van der Waals surface area contributed by atoms with E-state index in [2.05, 4.69) is 0 Å². The first-order chi connectivity index (χ1) is 8.66. The third kappa shape index (κ3) is 1.68. The van der Waals surface area contributed by atoms with Crippen molar-refractivity contribution in [3.63, 3.8) is 0 Å². The van der Waals surface area contributed by atoms with E-state index >= 15 is 0 Å². The molecular weight excluding hydrogens is 244 g/mol. The third-order valence-corrected chi connectivity index (χ3v) is 5.69. The van der Waals surface area contributed by atoms with Crippen molar-refractivity contribution in [2.24, 2.45) is 11.3 Å². The first-order valence-electron chi connectivity index (χ1n) is 6.75. The number of carbonyl (C=O) groups is 2. The number of carbonyl (C=O) groups excluding carboxylic acids is 2. The smallest absolute Gasteiger partial charge is 0.174 e. The summed E-state index contributed by atoms with van der Waals surface area (Å²) < 4.78 is 0. The first-order valence-corrected chi connectivity index (χ1v) is 7.57. The van der Waals surface area contributed by atoms with E-state index < -0.39 is 0 Å². The molecule has 0 N–H and O–H groups in total. The van der Waals surface area contributed by atoms with Gasteiger partial charge < -0.3 is 4.79 Å². The molecule has 0 aromatic carbocycles. The largest absolute Gasteiger partial charge is 0.303 e. The van der Waals surface area contributed by atoms with Crippen molar-refractivity contribution in [1.82, 2.24) is 0 Å². The van der Waals surface area contributed by atoms with Crippen molar-refractivity contribution in [1.29, 1.82) is 0 Å². The van der Waals surface area contributed by atoms with Crippen LogP contribution in [0.5, 0.6) is 0 Å². The van der Waals surface area contributed by atoms with Gasteiger partial charge in [-0.3, -0.25) is 4.79 Å². The lowest BCUT2D eigenvalue weighted by Crippen LogP contribution is -2.43. The van der Waals surface area contributed by atoms with Gasteiger partial charge >= 0.3 is 0 Å². The van der Waals surface area contributed by atoms with Gasteiger partial charge in [0.25, 0.3) is 0 Å².